The van der Waals surface area contributed by atoms with Crippen LogP contribution in [0.2, 0.25) is 0 Å². The highest BCUT2D eigenvalue weighted by Crippen LogP contribution is 2.54. The standard InChI is InChI=1S/C21H34O4/c1-2-3-6-9-24-19(22)7-4-5-8-20(23)25-21-17-11-15-10-16(13-17)14-18(21)12-15/h15-18,21H,2-14H2,1H3. The molecule has 4 bridgehead atoms. The summed E-state index contributed by atoms with van der Waals surface area (Å²) in [7, 11) is 0. The molecule has 0 N–H and O–H groups in total. The van der Waals surface area contributed by atoms with Gasteiger partial charge in [-0.15, -0.1) is 0 Å². The number of carbonyl (C=O) groups excluding carboxylic acids is 2. The van der Waals surface area contributed by atoms with Gasteiger partial charge in [-0.3, -0.25) is 9.59 Å². The van der Waals surface area contributed by atoms with Crippen molar-refractivity contribution in [2.24, 2.45) is 23.7 Å². The van der Waals surface area contributed by atoms with Crippen molar-refractivity contribution in [2.45, 2.75) is 90.1 Å². The lowest BCUT2D eigenvalue weighted by Crippen LogP contribution is -2.50. The first-order valence-corrected chi connectivity index (χ1v) is 10.5. The van der Waals surface area contributed by atoms with Crippen molar-refractivity contribution in [3.05, 3.63) is 0 Å². The normalized spacial score (nSPS) is 32.6. The van der Waals surface area contributed by atoms with E-state index in [0.29, 0.717) is 37.7 Å². The molecule has 4 aliphatic rings. The third-order valence-electron chi connectivity index (χ3n) is 6.43. The Morgan fingerprint density at radius 2 is 1.40 bits per heavy atom. The fourth-order valence-corrected chi connectivity index (χ4v) is 5.43. The second-order valence-electron chi connectivity index (χ2n) is 8.52. The first-order valence-electron chi connectivity index (χ1n) is 10.5. The van der Waals surface area contributed by atoms with E-state index in [-0.39, 0.29) is 18.0 Å². The van der Waals surface area contributed by atoms with Gasteiger partial charge in [0.15, 0.2) is 0 Å². The van der Waals surface area contributed by atoms with Gasteiger partial charge in [0.2, 0.25) is 0 Å². The second kappa shape index (κ2) is 9.05. The van der Waals surface area contributed by atoms with Crippen LogP contribution in [0, 0.1) is 23.7 Å². The number of hydrogen-bond acceptors (Lipinski definition) is 4. The minimum Gasteiger partial charge on any atom is -0.466 e. The third-order valence-corrected chi connectivity index (χ3v) is 6.43. The first-order chi connectivity index (χ1) is 12.2. The number of carbonyl (C=O) groups is 2. The fraction of sp³-hybridized carbons (Fsp3) is 0.905. The summed E-state index contributed by atoms with van der Waals surface area (Å²) in [5.74, 6) is 2.86. The molecule has 0 spiro atoms. The highest BCUT2D eigenvalue weighted by atomic mass is 16.5. The summed E-state index contributed by atoms with van der Waals surface area (Å²) < 4.78 is 11.1. The Hall–Kier alpha value is -1.06. The Balaban J connectivity index is 1.27. The lowest BCUT2D eigenvalue weighted by atomic mass is 9.55. The minimum absolute atomic E-state index is 0.0613. The molecular formula is C21H34O4. The van der Waals surface area contributed by atoms with E-state index in [4.69, 9.17) is 9.47 Å². The van der Waals surface area contributed by atoms with E-state index < -0.39 is 0 Å². The van der Waals surface area contributed by atoms with Crippen LogP contribution in [0.15, 0.2) is 0 Å². The van der Waals surface area contributed by atoms with Crippen molar-refractivity contribution in [1.82, 2.24) is 0 Å². The molecule has 0 saturated heterocycles. The molecule has 0 atom stereocenters. The van der Waals surface area contributed by atoms with Crippen LogP contribution in [0.1, 0.15) is 84.0 Å². The highest BCUT2D eigenvalue weighted by molar-refractivity contribution is 5.70. The van der Waals surface area contributed by atoms with Gasteiger partial charge in [-0.1, -0.05) is 19.8 Å². The van der Waals surface area contributed by atoms with E-state index in [2.05, 4.69) is 6.92 Å². The molecule has 0 heterocycles. The molecule has 4 heteroatoms. The van der Waals surface area contributed by atoms with Crippen LogP contribution >= 0.6 is 0 Å². The smallest absolute Gasteiger partial charge is 0.306 e. The van der Waals surface area contributed by atoms with Crippen molar-refractivity contribution in [3.63, 3.8) is 0 Å². The van der Waals surface area contributed by atoms with Crippen LogP contribution in [0.4, 0.5) is 0 Å². The van der Waals surface area contributed by atoms with E-state index in [1.807, 2.05) is 0 Å². The van der Waals surface area contributed by atoms with Gasteiger partial charge in [-0.05, 0) is 75.0 Å². The van der Waals surface area contributed by atoms with Crippen LogP contribution in [-0.2, 0) is 19.1 Å². The lowest BCUT2D eigenvalue weighted by molar-refractivity contribution is -0.171. The summed E-state index contributed by atoms with van der Waals surface area (Å²) in [6.07, 6.45) is 12.1. The van der Waals surface area contributed by atoms with E-state index in [0.717, 1.165) is 37.5 Å². The number of rotatable bonds is 10. The van der Waals surface area contributed by atoms with E-state index >= 15 is 0 Å². The van der Waals surface area contributed by atoms with Crippen molar-refractivity contribution in [2.75, 3.05) is 6.61 Å². The van der Waals surface area contributed by atoms with Crippen molar-refractivity contribution >= 4 is 11.9 Å². The van der Waals surface area contributed by atoms with Crippen LogP contribution < -0.4 is 0 Å². The molecule has 0 amide bonds. The molecule has 25 heavy (non-hydrogen) atoms. The molecule has 4 rings (SSSR count). The van der Waals surface area contributed by atoms with Gasteiger partial charge >= 0.3 is 11.9 Å². The molecular weight excluding hydrogens is 316 g/mol. The molecule has 0 aliphatic heterocycles. The maximum absolute atomic E-state index is 12.2. The number of esters is 2. The van der Waals surface area contributed by atoms with Gasteiger partial charge in [0, 0.05) is 12.8 Å². The SMILES string of the molecule is CCCCCOC(=O)CCCCC(=O)OC1C2CC3CC(C2)CC1C3. The zero-order valence-corrected chi connectivity index (χ0v) is 15.7. The van der Waals surface area contributed by atoms with Gasteiger partial charge in [0.25, 0.3) is 0 Å². The van der Waals surface area contributed by atoms with Gasteiger partial charge in [0.1, 0.15) is 6.10 Å². The third kappa shape index (κ3) is 5.21. The van der Waals surface area contributed by atoms with Gasteiger partial charge < -0.3 is 9.47 Å². The number of unbranched alkanes of at least 4 members (excludes halogenated alkanes) is 3. The second-order valence-corrected chi connectivity index (χ2v) is 8.52. The predicted octanol–water partition coefficient (Wildman–Crippen LogP) is 4.65. The Morgan fingerprint density at radius 1 is 0.800 bits per heavy atom. The summed E-state index contributed by atoms with van der Waals surface area (Å²) >= 11 is 0. The summed E-state index contributed by atoms with van der Waals surface area (Å²) in [6, 6.07) is 0. The fourth-order valence-electron chi connectivity index (χ4n) is 5.43. The molecule has 4 aliphatic carbocycles. The number of ether oxygens (including phenoxy) is 2. The van der Waals surface area contributed by atoms with E-state index in [9.17, 15) is 9.59 Å². The summed E-state index contributed by atoms with van der Waals surface area (Å²) in [5.41, 5.74) is 0. The maximum atomic E-state index is 12.2. The zero-order chi connectivity index (χ0) is 17.6. The molecule has 0 unspecified atom stereocenters. The quantitative estimate of drug-likeness (QED) is 0.425. The van der Waals surface area contributed by atoms with E-state index in [1.54, 1.807) is 0 Å². The van der Waals surface area contributed by atoms with Crippen LogP contribution in [0.5, 0.6) is 0 Å². The summed E-state index contributed by atoms with van der Waals surface area (Å²) in [5, 5.41) is 0. The minimum atomic E-state index is -0.134. The average Bonchev–Trinajstić information content (AvgIpc) is 2.58. The average molecular weight is 350 g/mol. The molecule has 0 aromatic heterocycles. The predicted molar refractivity (Wildman–Crippen MR) is 95.9 cm³/mol. The molecule has 4 saturated carbocycles. The summed E-state index contributed by atoms with van der Waals surface area (Å²) in [6.45, 7) is 2.66. The Morgan fingerprint density at radius 3 is 2.00 bits per heavy atom. The monoisotopic (exact) mass is 350 g/mol. The first kappa shape index (κ1) is 18.7. The van der Waals surface area contributed by atoms with Crippen molar-refractivity contribution < 1.29 is 19.1 Å². The van der Waals surface area contributed by atoms with Gasteiger partial charge in [0.05, 0.1) is 6.61 Å². The Bertz CT molecular complexity index is 431. The largest absolute Gasteiger partial charge is 0.466 e. The molecule has 0 radical (unpaired) electrons. The molecule has 4 fully saturated rings. The topological polar surface area (TPSA) is 52.6 Å². The van der Waals surface area contributed by atoms with Crippen LogP contribution in [-0.4, -0.2) is 24.6 Å². The van der Waals surface area contributed by atoms with Crippen LogP contribution in [0.3, 0.4) is 0 Å². The summed E-state index contributed by atoms with van der Waals surface area (Å²) in [4.78, 5) is 23.8. The van der Waals surface area contributed by atoms with Crippen LogP contribution in [0.25, 0.3) is 0 Å². The Labute approximate surface area is 152 Å². The van der Waals surface area contributed by atoms with E-state index in [1.165, 1.54) is 32.1 Å². The van der Waals surface area contributed by atoms with Crippen molar-refractivity contribution in [1.29, 1.82) is 0 Å². The maximum Gasteiger partial charge on any atom is 0.306 e. The molecule has 0 aromatic carbocycles. The zero-order valence-electron chi connectivity index (χ0n) is 15.7. The molecule has 4 nitrogen and oxygen atoms in total. The lowest BCUT2D eigenvalue weighted by Gasteiger charge is -2.53. The Kier molecular flexibility index (Phi) is 6.77. The molecule has 142 valence electrons. The highest BCUT2D eigenvalue weighted by Gasteiger charge is 2.49. The van der Waals surface area contributed by atoms with Crippen molar-refractivity contribution in [3.8, 4) is 0 Å². The van der Waals surface area contributed by atoms with Gasteiger partial charge in [-0.25, -0.2) is 0 Å². The number of hydrogen-bond donors (Lipinski definition) is 0. The van der Waals surface area contributed by atoms with Gasteiger partial charge in [-0.2, -0.15) is 0 Å². The molecule has 0 aromatic rings.